The zero-order chi connectivity index (χ0) is 13.1. The van der Waals surface area contributed by atoms with Crippen molar-refractivity contribution in [2.24, 2.45) is 11.1 Å². The van der Waals surface area contributed by atoms with E-state index in [9.17, 15) is 4.79 Å². The second-order valence-electron chi connectivity index (χ2n) is 4.72. The quantitative estimate of drug-likeness (QED) is 0.884. The first-order valence-electron chi connectivity index (χ1n) is 5.57. The summed E-state index contributed by atoms with van der Waals surface area (Å²) >= 11 is 0. The summed E-state index contributed by atoms with van der Waals surface area (Å²) in [7, 11) is 1.62. The molecule has 1 aromatic carbocycles. The van der Waals surface area contributed by atoms with E-state index in [4.69, 9.17) is 10.5 Å². The van der Waals surface area contributed by atoms with Crippen molar-refractivity contribution in [3.63, 3.8) is 0 Å². The molecule has 0 saturated carbocycles. The third-order valence-electron chi connectivity index (χ3n) is 2.81. The van der Waals surface area contributed by atoms with Crippen molar-refractivity contribution < 1.29 is 9.53 Å². The summed E-state index contributed by atoms with van der Waals surface area (Å²) in [4.78, 5) is 11.9. The van der Waals surface area contributed by atoms with Crippen LogP contribution in [0.2, 0.25) is 0 Å². The molecule has 0 atom stereocenters. The van der Waals surface area contributed by atoms with Gasteiger partial charge in [0, 0.05) is 12.2 Å². The Morgan fingerprint density at radius 2 is 2.06 bits per heavy atom. The van der Waals surface area contributed by atoms with Crippen LogP contribution in [0, 0.1) is 12.3 Å². The van der Waals surface area contributed by atoms with E-state index in [1.54, 1.807) is 7.11 Å². The van der Waals surface area contributed by atoms with Crippen LogP contribution in [-0.4, -0.2) is 19.6 Å². The Balaban J connectivity index is 0.00000289. The van der Waals surface area contributed by atoms with Crippen molar-refractivity contribution in [3.8, 4) is 5.75 Å². The molecule has 0 bridgehead atoms. The van der Waals surface area contributed by atoms with Crippen molar-refractivity contribution in [1.82, 2.24) is 0 Å². The number of methoxy groups -OCH3 is 1. The number of carbonyl (C=O) groups excluding carboxylic acids is 1. The number of anilines is 1. The van der Waals surface area contributed by atoms with Gasteiger partial charge in [-0.3, -0.25) is 4.79 Å². The van der Waals surface area contributed by atoms with E-state index >= 15 is 0 Å². The second kappa shape index (κ2) is 6.61. The Morgan fingerprint density at radius 3 is 2.50 bits per heavy atom. The number of nitrogens with two attached hydrogens (primary N) is 1. The van der Waals surface area contributed by atoms with E-state index in [0.717, 1.165) is 17.0 Å². The van der Waals surface area contributed by atoms with Gasteiger partial charge >= 0.3 is 0 Å². The lowest BCUT2D eigenvalue weighted by molar-refractivity contribution is -0.123. The third-order valence-corrected chi connectivity index (χ3v) is 2.81. The topological polar surface area (TPSA) is 64.3 Å². The van der Waals surface area contributed by atoms with E-state index in [1.165, 1.54) is 0 Å². The predicted octanol–water partition coefficient (Wildman–Crippen LogP) is 2.35. The Labute approximate surface area is 114 Å². The molecule has 0 aliphatic carbocycles. The molecule has 5 heteroatoms. The first-order chi connectivity index (χ1) is 7.90. The van der Waals surface area contributed by atoms with E-state index in [-0.39, 0.29) is 18.3 Å². The monoisotopic (exact) mass is 272 g/mol. The van der Waals surface area contributed by atoms with E-state index in [0.29, 0.717) is 6.54 Å². The minimum absolute atomic E-state index is 0. The van der Waals surface area contributed by atoms with Gasteiger partial charge in [0.15, 0.2) is 0 Å². The summed E-state index contributed by atoms with van der Waals surface area (Å²) in [5.41, 5.74) is 6.75. The number of halogens is 1. The van der Waals surface area contributed by atoms with Crippen LogP contribution < -0.4 is 15.8 Å². The number of nitrogens with one attached hydrogen (secondary N) is 1. The fourth-order valence-electron chi connectivity index (χ4n) is 1.29. The highest BCUT2D eigenvalue weighted by Gasteiger charge is 2.26. The lowest BCUT2D eigenvalue weighted by Gasteiger charge is -2.22. The van der Waals surface area contributed by atoms with Crippen LogP contribution in [0.1, 0.15) is 19.4 Å². The van der Waals surface area contributed by atoms with Gasteiger partial charge < -0.3 is 15.8 Å². The minimum atomic E-state index is -0.563. The fraction of sp³-hybridized carbons (Fsp3) is 0.462. The summed E-state index contributed by atoms with van der Waals surface area (Å²) in [5.74, 6) is 0.701. The fourth-order valence-corrected chi connectivity index (χ4v) is 1.29. The lowest BCUT2D eigenvalue weighted by atomic mass is 9.92. The highest BCUT2D eigenvalue weighted by molar-refractivity contribution is 5.95. The van der Waals surface area contributed by atoms with Gasteiger partial charge in [-0.2, -0.15) is 0 Å². The van der Waals surface area contributed by atoms with E-state index < -0.39 is 5.41 Å². The van der Waals surface area contributed by atoms with Crippen molar-refractivity contribution in [2.75, 3.05) is 19.0 Å². The van der Waals surface area contributed by atoms with Crippen LogP contribution in [0.3, 0.4) is 0 Å². The van der Waals surface area contributed by atoms with Gasteiger partial charge in [-0.15, -0.1) is 12.4 Å². The van der Waals surface area contributed by atoms with Gasteiger partial charge in [0.05, 0.1) is 12.5 Å². The van der Waals surface area contributed by atoms with Gasteiger partial charge in [-0.05, 0) is 44.5 Å². The highest BCUT2D eigenvalue weighted by atomic mass is 35.5. The van der Waals surface area contributed by atoms with Gasteiger partial charge in [0.1, 0.15) is 5.75 Å². The van der Waals surface area contributed by atoms with Crippen molar-refractivity contribution in [2.45, 2.75) is 20.8 Å². The zero-order valence-corrected chi connectivity index (χ0v) is 12.1. The standard InChI is InChI=1S/C13H20N2O2.ClH/c1-9-7-10(17-4)5-6-11(9)15-12(16)13(2,3)8-14;/h5-7H,8,14H2,1-4H3,(H,15,16);1H. The first-order valence-corrected chi connectivity index (χ1v) is 5.57. The number of amides is 1. The molecule has 102 valence electrons. The molecular weight excluding hydrogens is 252 g/mol. The maximum absolute atomic E-state index is 11.9. The Morgan fingerprint density at radius 1 is 1.44 bits per heavy atom. The zero-order valence-electron chi connectivity index (χ0n) is 11.2. The number of hydrogen-bond donors (Lipinski definition) is 2. The molecule has 0 heterocycles. The summed E-state index contributed by atoms with van der Waals surface area (Å²) in [6.07, 6.45) is 0. The highest BCUT2D eigenvalue weighted by Crippen LogP contribution is 2.23. The number of ether oxygens (including phenoxy) is 1. The van der Waals surface area contributed by atoms with Crippen LogP contribution >= 0.6 is 12.4 Å². The smallest absolute Gasteiger partial charge is 0.231 e. The molecule has 1 rings (SSSR count). The van der Waals surface area contributed by atoms with Gasteiger partial charge in [0.25, 0.3) is 0 Å². The van der Waals surface area contributed by atoms with Gasteiger partial charge in [-0.1, -0.05) is 0 Å². The van der Waals surface area contributed by atoms with E-state index in [2.05, 4.69) is 5.32 Å². The molecule has 0 radical (unpaired) electrons. The van der Waals surface area contributed by atoms with Gasteiger partial charge in [0.2, 0.25) is 5.91 Å². The average Bonchev–Trinajstić information content (AvgIpc) is 2.31. The molecule has 0 saturated heterocycles. The Bertz CT molecular complexity index is 419. The predicted molar refractivity (Wildman–Crippen MR) is 76.4 cm³/mol. The van der Waals surface area contributed by atoms with Crippen molar-refractivity contribution >= 4 is 24.0 Å². The summed E-state index contributed by atoms with van der Waals surface area (Å²) in [6.45, 7) is 5.88. The van der Waals surface area contributed by atoms with Crippen LogP contribution in [0.4, 0.5) is 5.69 Å². The molecule has 0 fully saturated rings. The molecule has 0 spiro atoms. The number of hydrogen-bond acceptors (Lipinski definition) is 3. The number of benzene rings is 1. The first kappa shape index (κ1) is 16.7. The van der Waals surface area contributed by atoms with Crippen LogP contribution in [0.15, 0.2) is 18.2 Å². The Hall–Kier alpha value is -1.26. The summed E-state index contributed by atoms with van der Waals surface area (Å²) in [5, 5.41) is 2.88. The molecule has 0 aromatic heterocycles. The van der Waals surface area contributed by atoms with Gasteiger partial charge in [-0.25, -0.2) is 0 Å². The molecule has 0 aliphatic heterocycles. The van der Waals surface area contributed by atoms with Crippen molar-refractivity contribution in [1.29, 1.82) is 0 Å². The summed E-state index contributed by atoms with van der Waals surface area (Å²) in [6, 6.07) is 5.53. The maximum Gasteiger partial charge on any atom is 0.231 e. The minimum Gasteiger partial charge on any atom is -0.497 e. The molecular formula is C13H21ClN2O2. The Kier molecular flexibility index (Phi) is 6.15. The van der Waals surface area contributed by atoms with Crippen LogP contribution in [0.5, 0.6) is 5.75 Å². The van der Waals surface area contributed by atoms with E-state index in [1.807, 2.05) is 39.0 Å². The molecule has 18 heavy (non-hydrogen) atoms. The maximum atomic E-state index is 11.9. The summed E-state index contributed by atoms with van der Waals surface area (Å²) < 4.78 is 5.11. The number of rotatable bonds is 4. The molecule has 3 N–H and O–H groups in total. The SMILES string of the molecule is COc1ccc(NC(=O)C(C)(C)CN)c(C)c1.Cl. The normalized spacial score (nSPS) is 10.5. The molecule has 0 aliphatic rings. The van der Waals surface area contributed by atoms with Crippen LogP contribution in [0.25, 0.3) is 0 Å². The van der Waals surface area contributed by atoms with Crippen molar-refractivity contribution in [3.05, 3.63) is 23.8 Å². The largest absolute Gasteiger partial charge is 0.497 e. The molecule has 4 nitrogen and oxygen atoms in total. The molecule has 1 aromatic rings. The molecule has 0 unspecified atom stereocenters. The average molecular weight is 273 g/mol. The third kappa shape index (κ3) is 3.89. The molecule has 1 amide bonds. The lowest BCUT2D eigenvalue weighted by Crippen LogP contribution is -2.37. The number of carbonyl (C=O) groups is 1. The number of aryl methyl sites for hydroxylation is 1. The van der Waals surface area contributed by atoms with Crippen LogP contribution in [-0.2, 0) is 4.79 Å². The second-order valence-corrected chi connectivity index (χ2v) is 4.72.